The molecule has 2 aliphatic rings. The molecule has 2 fully saturated rings. The molecule has 1 N–H and O–H groups in total. The second kappa shape index (κ2) is 7.11. The van der Waals surface area contributed by atoms with Crippen molar-refractivity contribution in [2.45, 2.75) is 37.6 Å². The zero-order valence-corrected chi connectivity index (χ0v) is 15.4. The van der Waals surface area contributed by atoms with E-state index in [1.807, 2.05) is 6.92 Å². The van der Waals surface area contributed by atoms with E-state index in [9.17, 15) is 19.2 Å². The zero-order chi connectivity index (χ0) is 18.9. The number of nitrogens with zero attached hydrogens (tertiary/aromatic N) is 1. The van der Waals surface area contributed by atoms with Crippen LogP contribution < -0.4 is 5.32 Å². The Hall–Kier alpha value is -2.35. The van der Waals surface area contributed by atoms with Gasteiger partial charge in [0.2, 0.25) is 5.91 Å². The molecule has 0 unspecified atom stereocenters. The fourth-order valence-corrected chi connectivity index (χ4v) is 4.63. The minimum Gasteiger partial charge on any atom is -0.454 e. The number of nitrogens with one attached hydrogen (secondary N) is 1. The SMILES string of the molecule is CC(=O)c1ccc(NC(=O)COC(=O)[C@@H]2CS[C@@]3(C)CCC(=O)N23)cc1. The van der Waals surface area contributed by atoms with Crippen LogP contribution in [0.25, 0.3) is 0 Å². The number of thioether (sulfide) groups is 1. The Labute approximate surface area is 155 Å². The smallest absolute Gasteiger partial charge is 0.330 e. The van der Waals surface area contributed by atoms with Gasteiger partial charge in [-0.15, -0.1) is 11.8 Å². The number of hydrogen-bond acceptors (Lipinski definition) is 6. The van der Waals surface area contributed by atoms with Gasteiger partial charge in [-0.1, -0.05) is 0 Å². The summed E-state index contributed by atoms with van der Waals surface area (Å²) in [5, 5.41) is 2.60. The molecule has 0 saturated carbocycles. The fourth-order valence-electron chi connectivity index (χ4n) is 3.21. The number of hydrogen-bond donors (Lipinski definition) is 1. The third kappa shape index (κ3) is 3.60. The number of carbonyl (C=O) groups excluding carboxylic acids is 4. The molecule has 2 amide bonds. The zero-order valence-electron chi connectivity index (χ0n) is 14.6. The number of carbonyl (C=O) groups is 4. The lowest BCUT2D eigenvalue weighted by Crippen LogP contribution is -2.47. The molecule has 3 rings (SSSR count). The van der Waals surface area contributed by atoms with Gasteiger partial charge in [0.05, 0.1) is 4.87 Å². The molecule has 0 aromatic heterocycles. The number of ketones is 1. The van der Waals surface area contributed by atoms with Crippen LogP contribution in [0.2, 0.25) is 0 Å². The third-order valence-corrected chi connectivity index (χ3v) is 6.14. The molecule has 1 aromatic carbocycles. The van der Waals surface area contributed by atoms with E-state index in [4.69, 9.17) is 4.74 Å². The van der Waals surface area contributed by atoms with Crippen LogP contribution in [-0.4, -0.2) is 51.7 Å². The van der Waals surface area contributed by atoms with Crippen LogP contribution in [-0.2, 0) is 19.1 Å². The molecule has 0 spiro atoms. The Morgan fingerprint density at radius 1 is 1.31 bits per heavy atom. The number of anilines is 1. The average Bonchev–Trinajstić information content (AvgIpc) is 3.09. The van der Waals surface area contributed by atoms with Crippen molar-refractivity contribution < 1.29 is 23.9 Å². The van der Waals surface area contributed by atoms with E-state index in [-0.39, 0.29) is 16.6 Å². The van der Waals surface area contributed by atoms with Crippen LogP contribution in [0.4, 0.5) is 5.69 Å². The second-order valence-electron chi connectivity index (χ2n) is 6.55. The molecule has 2 saturated heterocycles. The van der Waals surface area contributed by atoms with E-state index in [1.165, 1.54) is 6.92 Å². The summed E-state index contributed by atoms with van der Waals surface area (Å²) < 4.78 is 5.11. The number of ether oxygens (including phenoxy) is 1. The highest BCUT2D eigenvalue weighted by atomic mass is 32.2. The first-order valence-electron chi connectivity index (χ1n) is 8.34. The lowest BCUT2D eigenvalue weighted by atomic mass is 10.1. The Kier molecular flexibility index (Phi) is 5.04. The Bertz CT molecular complexity index is 763. The number of fused-ring (bicyclic) bond motifs is 1. The van der Waals surface area contributed by atoms with Gasteiger partial charge in [-0.2, -0.15) is 0 Å². The van der Waals surface area contributed by atoms with E-state index in [0.29, 0.717) is 23.4 Å². The fraction of sp³-hybridized carbons (Fsp3) is 0.444. The molecule has 138 valence electrons. The van der Waals surface area contributed by atoms with Crippen molar-refractivity contribution in [3.05, 3.63) is 29.8 Å². The Morgan fingerprint density at radius 3 is 2.65 bits per heavy atom. The van der Waals surface area contributed by atoms with Crippen molar-refractivity contribution in [3.63, 3.8) is 0 Å². The Morgan fingerprint density at radius 2 is 2.00 bits per heavy atom. The molecule has 1 aromatic rings. The summed E-state index contributed by atoms with van der Waals surface area (Å²) in [6.45, 7) is 2.99. The van der Waals surface area contributed by atoms with E-state index < -0.39 is 24.5 Å². The maximum atomic E-state index is 12.3. The van der Waals surface area contributed by atoms with Crippen LogP contribution in [0.3, 0.4) is 0 Å². The van der Waals surface area contributed by atoms with Gasteiger partial charge in [-0.25, -0.2) is 4.79 Å². The first-order chi connectivity index (χ1) is 12.3. The molecule has 8 heteroatoms. The summed E-state index contributed by atoms with van der Waals surface area (Å²) in [5.41, 5.74) is 1.06. The number of rotatable bonds is 5. The van der Waals surface area contributed by atoms with E-state index in [0.717, 1.165) is 6.42 Å². The summed E-state index contributed by atoms with van der Waals surface area (Å²) in [4.78, 5) is 48.8. The number of Topliss-reactive ketones (excluding diaryl/α,β-unsaturated/α-hetero) is 1. The number of amides is 2. The van der Waals surface area contributed by atoms with E-state index in [2.05, 4.69) is 5.32 Å². The molecule has 26 heavy (non-hydrogen) atoms. The summed E-state index contributed by atoms with van der Waals surface area (Å²) >= 11 is 1.57. The quantitative estimate of drug-likeness (QED) is 0.622. The van der Waals surface area contributed by atoms with Crippen molar-refractivity contribution in [2.24, 2.45) is 0 Å². The van der Waals surface area contributed by atoms with Crippen molar-refractivity contribution in [3.8, 4) is 0 Å². The average molecular weight is 376 g/mol. The molecule has 0 bridgehead atoms. The topological polar surface area (TPSA) is 92.8 Å². The van der Waals surface area contributed by atoms with Crippen molar-refractivity contribution in [1.82, 2.24) is 4.90 Å². The monoisotopic (exact) mass is 376 g/mol. The Balaban J connectivity index is 1.52. The minimum atomic E-state index is -0.636. The van der Waals surface area contributed by atoms with Crippen molar-refractivity contribution >= 4 is 41.0 Å². The molecule has 2 heterocycles. The second-order valence-corrected chi connectivity index (χ2v) is 8.06. The summed E-state index contributed by atoms with van der Waals surface area (Å²) in [5.74, 6) is -0.660. The van der Waals surface area contributed by atoms with E-state index in [1.54, 1.807) is 40.9 Å². The predicted octanol–water partition coefficient (Wildman–Crippen LogP) is 1.82. The van der Waals surface area contributed by atoms with Crippen molar-refractivity contribution in [2.75, 3.05) is 17.7 Å². The van der Waals surface area contributed by atoms with Gasteiger partial charge in [-0.05, 0) is 44.5 Å². The van der Waals surface area contributed by atoms with Crippen molar-refractivity contribution in [1.29, 1.82) is 0 Å². The highest BCUT2D eigenvalue weighted by Gasteiger charge is 2.53. The number of esters is 1. The van der Waals surface area contributed by atoms with Crippen LogP contribution in [0.5, 0.6) is 0 Å². The first kappa shape index (κ1) is 18.4. The van der Waals surface area contributed by atoms with Crippen LogP contribution in [0.15, 0.2) is 24.3 Å². The van der Waals surface area contributed by atoms with Gasteiger partial charge in [0.15, 0.2) is 12.4 Å². The molecule has 2 aliphatic heterocycles. The number of benzene rings is 1. The first-order valence-corrected chi connectivity index (χ1v) is 9.32. The van der Waals surface area contributed by atoms with Gasteiger partial charge in [-0.3, -0.25) is 14.4 Å². The maximum Gasteiger partial charge on any atom is 0.330 e. The lowest BCUT2D eigenvalue weighted by Gasteiger charge is -2.29. The van der Waals surface area contributed by atoms with Gasteiger partial charge in [0.25, 0.3) is 5.91 Å². The summed E-state index contributed by atoms with van der Waals surface area (Å²) in [7, 11) is 0. The van der Waals surface area contributed by atoms with Gasteiger partial charge < -0.3 is 15.0 Å². The highest BCUT2D eigenvalue weighted by molar-refractivity contribution is 8.01. The molecule has 2 atom stereocenters. The highest BCUT2D eigenvalue weighted by Crippen LogP contribution is 2.47. The molecule has 0 radical (unpaired) electrons. The lowest BCUT2D eigenvalue weighted by molar-refractivity contribution is -0.155. The van der Waals surface area contributed by atoms with Crippen LogP contribution in [0.1, 0.15) is 37.0 Å². The predicted molar refractivity (Wildman–Crippen MR) is 96.8 cm³/mol. The normalized spacial score (nSPS) is 24.3. The maximum absolute atomic E-state index is 12.3. The molecular weight excluding hydrogens is 356 g/mol. The van der Waals surface area contributed by atoms with Gasteiger partial charge >= 0.3 is 5.97 Å². The van der Waals surface area contributed by atoms with Crippen LogP contribution >= 0.6 is 11.8 Å². The molecule has 0 aliphatic carbocycles. The van der Waals surface area contributed by atoms with Gasteiger partial charge in [0, 0.05) is 23.4 Å². The standard InChI is InChI=1S/C18H20N2O5S/c1-11(21)12-3-5-13(6-4-12)19-15(22)9-25-17(24)14-10-26-18(2)8-7-16(23)20(14)18/h3-6,14H,7-10H2,1-2H3,(H,19,22)/t14-,18-/m0/s1. The molecular formula is C18H20N2O5S. The molecule has 7 nitrogen and oxygen atoms in total. The minimum absolute atomic E-state index is 0.0468. The third-order valence-electron chi connectivity index (χ3n) is 4.64. The van der Waals surface area contributed by atoms with Crippen LogP contribution in [0, 0.1) is 0 Å². The van der Waals surface area contributed by atoms with Gasteiger partial charge in [0.1, 0.15) is 6.04 Å². The summed E-state index contributed by atoms with van der Waals surface area (Å²) in [6.07, 6.45) is 1.15. The largest absolute Gasteiger partial charge is 0.454 e. The van der Waals surface area contributed by atoms with E-state index >= 15 is 0 Å². The summed E-state index contributed by atoms with van der Waals surface area (Å²) in [6, 6.07) is 5.80.